The molecule has 0 aliphatic heterocycles. The number of benzene rings is 4. The van der Waals surface area contributed by atoms with Crippen LogP contribution < -0.4 is 25.4 Å². The first kappa shape index (κ1) is 36.3. The Morgan fingerprint density at radius 1 is 0.796 bits per heavy atom. The van der Waals surface area contributed by atoms with Gasteiger partial charge in [-0.05, 0) is 54.6 Å². The summed E-state index contributed by atoms with van der Waals surface area (Å²) < 4.78 is 105. The number of hydrogen-bond acceptors (Lipinski definition) is 6. The lowest BCUT2D eigenvalue weighted by molar-refractivity contribution is -0.143. The van der Waals surface area contributed by atoms with Gasteiger partial charge in [-0.1, -0.05) is 24.3 Å². The monoisotopic (exact) mass is 707 g/mol. The van der Waals surface area contributed by atoms with Crippen LogP contribution in [0.3, 0.4) is 0 Å². The van der Waals surface area contributed by atoms with Gasteiger partial charge in [-0.2, -0.15) is 13.2 Å². The van der Waals surface area contributed by atoms with E-state index in [4.69, 9.17) is 9.47 Å². The molecule has 4 rings (SSSR count). The number of anilines is 2. The summed E-state index contributed by atoms with van der Waals surface area (Å²) in [6, 6.07) is 18.7. The minimum Gasteiger partial charge on any atom is -0.497 e. The van der Waals surface area contributed by atoms with E-state index in [9.17, 15) is 45.1 Å². The minimum absolute atomic E-state index is 0.178. The van der Waals surface area contributed by atoms with E-state index >= 15 is 0 Å². The molecule has 0 saturated carbocycles. The summed E-state index contributed by atoms with van der Waals surface area (Å²) in [5.74, 6) is -12.7. The second-order valence-electron chi connectivity index (χ2n) is 9.81. The Kier molecular flexibility index (Phi) is 11.6. The second-order valence-corrected chi connectivity index (χ2v) is 10.9. The molecule has 4 aromatic carbocycles. The molecule has 3 amide bonds. The summed E-state index contributed by atoms with van der Waals surface area (Å²) in [4.78, 5) is 39.2. The average Bonchev–Trinajstić information content (AvgIpc) is 3.08. The maximum atomic E-state index is 14.2. The molecular weight excluding hydrogens is 683 g/mol. The van der Waals surface area contributed by atoms with E-state index in [2.05, 4.69) is 10.6 Å². The molecule has 0 aliphatic rings. The number of thioether (sulfide) groups is 1. The molecule has 8 nitrogen and oxygen atoms in total. The van der Waals surface area contributed by atoms with Gasteiger partial charge in [0.05, 0.1) is 20.0 Å². The van der Waals surface area contributed by atoms with Gasteiger partial charge in [0.15, 0.2) is 23.3 Å². The molecule has 16 heteroatoms. The maximum absolute atomic E-state index is 14.2. The standard InChI is InChI=1S/C33H24F7N3O5S/c1-47-20-11-12-23(48-2)18(13-20)14-22(42-31(45)17-7-4-3-5-8-17)32(46)41-19-9-6-10-21(15-19)49-16-24(44)43-30-28(36)26(34)25(33(38,39)40)27(35)29(30)37/h3-15H,16H2,1-2H3,(H,41,46)(H,42,45)(H,43,44)/b22-14+. The van der Waals surface area contributed by atoms with Crippen LogP contribution >= 0.6 is 11.8 Å². The average molecular weight is 708 g/mol. The summed E-state index contributed by atoms with van der Waals surface area (Å²) in [5.41, 5.74) is -3.86. The fraction of sp³-hybridized carbons (Fsp3) is 0.121. The second kappa shape index (κ2) is 15.6. The first-order valence-corrected chi connectivity index (χ1v) is 14.8. The maximum Gasteiger partial charge on any atom is 0.422 e. The van der Waals surface area contributed by atoms with E-state index in [1.807, 2.05) is 0 Å². The minimum atomic E-state index is -5.74. The summed E-state index contributed by atoms with van der Waals surface area (Å²) in [7, 11) is 2.86. The molecule has 0 aliphatic carbocycles. The van der Waals surface area contributed by atoms with Gasteiger partial charge in [-0.15, -0.1) is 11.8 Å². The third-order valence-electron chi connectivity index (χ3n) is 6.54. The predicted molar refractivity (Wildman–Crippen MR) is 167 cm³/mol. The highest BCUT2D eigenvalue weighted by Gasteiger charge is 2.42. The highest BCUT2D eigenvalue weighted by Crippen LogP contribution is 2.38. The van der Waals surface area contributed by atoms with Crippen LogP contribution in [0.4, 0.5) is 42.1 Å². The largest absolute Gasteiger partial charge is 0.497 e. The molecule has 0 unspecified atom stereocenters. The van der Waals surface area contributed by atoms with Crippen LogP contribution in [0.5, 0.6) is 11.5 Å². The van der Waals surface area contributed by atoms with Crippen LogP contribution in [-0.4, -0.2) is 37.7 Å². The van der Waals surface area contributed by atoms with Gasteiger partial charge in [0.2, 0.25) is 5.91 Å². The van der Waals surface area contributed by atoms with E-state index in [1.54, 1.807) is 53.8 Å². The number of halogens is 7. The van der Waals surface area contributed by atoms with Gasteiger partial charge in [0.25, 0.3) is 11.8 Å². The fourth-order valence-corrected chi connectivity index (χ4v) is 4.98. The summed E-state index contributed by atoms with van der Waals surface area (Å²) in [5, 5.41) is 6.74. The molecule has 0 aromatic heterocycles. The summed E-state index contributed by atoms with van der Waals surface area (Å²) in [6.45, 7) is 0. The normalized spacial score (nSPS) is 11.5. The van der Waals surface area contributed by atoms with Crippen LogP contribution in [0.2, 0.25) is 0 Å². The molecule has 0 saturated heterocycles. The number of methoxy groups -OCH3 is 2. The smallest absolute Gasteiger partial charge is 0.422 e. The fourth-order valence-electron chi connectivity index (χ4n) is 4.23. The van der Waals surface area contributed by atoms with Gasteiger partial charge >= 0.3 is 6.18 Å². The lowest BCUT2D eigenvalue weighted by Crippen LogP contribution is -2.30. The van der Waals surface area contributed by atoms with Gasteiger partial charge in [0.1, 0.15) is 28.4 Å². The van der Waals surface area contributed by atoms with Crippen molar-refractivity contribution in [1.82, 2.24) is 5.32 Å². The van der Waals surface area contributed by atoms with Crippen LogP contribution in [0, 0.1) is 23.3 Å². The Balaban J connectivity index is 1.52. The Morgan fingerprint density at radius 2 is 1.47 bits per heavy atom. The Hall–Kier alpha value is -5.51. The predicted octanol–water partition coefficient (Wildman–Crippen LogP) is 7.42. The Bertz CT molecular complexity index is 1890. The SMILES string of the molecule is COc1ccc(OC)c(/C=C(/NC(=O)c2ccccc2)C(=O)Nc2cccc(SCC(=O)Nc3c(F)c(F)c(C(F)(F)F)c(F)c3F)c2)c1. The van der Waals surface area contributed by atoms with Gasteiger partial charge in [-0.25, -0.2) is 17.6 Å². The van der Waals surface area contributed by atoms with Crippen molar-refractivity contribution in [3.8, 4) is 11.5 Å². The van der Waals surface area contributed by atoms with E-state index in [1.165, 1.54) is 44.6 Å². The molecule has 0 fully saturated rings. The molecule has 3 N–H and O–H groups in total. The van der Waals surface area contributed by atoms with E-state index in [0.717, 1.165) is 11.8 Å². The van der Waals surface area contributed by atoms with Crippen molar-refractivity contribution in [2.24, 2.45) is 0 Å². The summed E-state index contributed by atoms with van der Waals surface area (Å²) >= 11 is 0.754. The van der Waals surface area contributed by atoms with Crippen LogP contribution in [0.15, 0.2) is 83.4 Å². The summed E-state index contributed by atoms with van der Waals surface area (Å²) in [6.07, 6.45) is -4.37. The molecule has 49 heavy (non-hydrogen) atoms. The van der Waals surface area contributed by atoms with Crippen molar-refractivity contribution < 1.29 is 54.6 Å². The lowest BCUT2D eigenvalue weighted by atomic mass is 10.1. The van der Waals surface area contributed by atoms with Crippen LogP contribution in [0.1, 0.15) is 21.5 Å². The number of rotatable bonds is 11. The Labute approximate surface area is 278 Å². The van der Waals surface area contributed by atoms with Crippen molar-refractivity contribution in [2.45, 2.75) is 11.1 Å². The van der Waals surface area contributed by atoms with E-state index < -0.39 is 64.2 Å². The number of alkyl halides is 3. The van der Waals surface area contributed by atoms with Crippen molar-refractivity contribution in [2.75, 3.05) is 30.6 Å². The molecule has 256 valence electrons. The molecule has 0 spiro atoms. The molecule has 0 heterocycles. The third-order valence-corrected chi connectivity index (χ3v) is 7.53. The molecule has 0 bridgehead atoms. The Morgan fingerprint density at radius 3 is 2.08 bits per heavy atom. The zero-order chi connectivity index (χ0) is 35.9. The van der Waals surface area contributed by atoms with Gasteiger partial charge in [0, 0.05) is 21.7 Å². The molecular formula is C33H24F7N3O5S. The number of amides is 3. The third kappa shape index (κ3) is 8.90. The van der Waals surface area contributed by atoms with Crippen molar-refractivity contribution in [3.05, 3.63) is 118 Å². The first-order valence-electron chi connectivity index (χ1n) is 13.8. The van der Waals surface area contributed by atoms with E-state index in [-0.39, 0.29) is 16.9 Å². The van der Waals surface area contributed by atoms with Gasteiger partial charge < -0.3 is 25.4 Å². The lowest BCUT2D eigenvalue weighted by Gasteiger charge is -2.15. The topological polar surface area (TPSA) is 106 Å². The van der Waals surface area contributed by atoms with Gasteiger partial charge in [-0.3, -0.25) is 14.4 Å². The highest BCUT2D eigenvalue weighted by atomic mass is 32.2. The van der Waals surface area contributed by atoms with E-state index in [0.29, 0.717) is 22.0 Å². The number of ether oxygens (including phenoxy) is 2. The molecule has 0 radical (unpaired) electrons. The molecule has 0 atom stereocenters. The zero-order valence-corrected chi connectivity index (χ0v) is 26.1. The number of carbonyl (C=O) groups is 3. The van der Waals surface area contributed by atoms with Crippen molar-refractivity contribution in [3.63, 3.8) is 0 Å². The number of nitrogens with one attached hydrogen (secondary N) is 3. The van der Waals surface area contributed by atoms with Crippen LogP contribution in [-0.2, 0) is 15.8 Å². The van der Waals surface area contributed by atoms with Crippen molar-refractivity contribution in [1.29, 1.82) is 0 Å². The zero-order valence-electron chi connectivity index (χ0n) is 25.3. The number of hydrogen-bond donors (Lipinski definition) is 3. The highest BCUT2D eigenvalue weighted by molar-refractivity contribution is 8.00. The first-order chi connectivity index (χ1) is 23.2. The van der Waals surface area contributed by atoms with Crippen molar-refractivity contribution >= 4 is 46.9 Å². The quantitative estimate of drug-likeness (QED) is 0.0649. The molecule has 4 aromatic rings. The number of carbonyl (C=O) groups excluding carboxylic acids is 3. The van der Waals surface area contributed by atoms with Crippen LogP contribution in [0.25, 0.3) is 6.08 Å².